The molecule has 0 bridgehead atoms. The number of hydrogen-bond acceptors (Lipinski definition) is 2. The minimum atomic E-state index is -0.555. The second-order valence-electron chi connectivity index (χ2n) is 3.72. The van der Waals surface area contributed by atoms with Crippen LogP contribution in [-0.2, 0) is 0 Å². The zero-order chi connectivity index (χ0) is 12.4. The number of ether oxygens (including phenoxy) is 1. The van der Waals surface area contributed by atoms with Gasteiger partial charge < -0.3 is 10.5 Å². The summed E-state index contributed by atoms with van der Waals surface area (Å²) in [5, 5.41) is -0.0122. The summed E-state index contributed by atoms with van der Waals surface area (Å²) in [6.07, 6.45) is 0. The van der Waals surface area contributed by atoms with Gasteiger partial charge in [0.1, 0.15) is 11.6 Å². The molecule has 0 aliphatic rings. The van der Waals surface area contributed by atoms with Gasteiger partial charge in [-0.3, -0.25) is 0 Å². The Morgan fingerprint density at radius 2 is 2.00 bits per heavy atom. The minimum Gasteiger partial charge on any atom is -0.455 e. The molecule has 0 fully saturated rings. The third kappa shape index (κ3) is 2.68. The summed E-state index contributed by atoms with van der Waals surface area (Å²) in [5.74, 6) is 0.433. The number of anilines is 1. The number of nitrogens with two attached hydrogens (primary N) is 1. The Morgan fingerprint density at radius 3 is 2.71 bits per heavy atom. The summed E-state index contributed by atoms with van der Waals surface area (Å²) >= 11 is 5.67. The Morgan fingerprint density at radius 1 is 1.24 bits per heavy atom. The lowest BCUT2D eigenvalue weighted by molar-refractivity contribution is 0.483. The number of aryl methyl sites for hydroxylation is 1. The number of benzene rings is 2. The van der Waals surface area contributed by atoms with Crippen molar-refractivity contribution in [1.29, 1.82) is 0 Å². The topological polar surface area (TPSA) is 35.2 Å². The summed E-state index contributed by atoms with van der Waals surface area (Å²) in [6.45, 7) is 1.95. The van der Waals surface area contributed by atoms with Crippen LogP contribution in [-0.4, -0.2) is 0 Å². The third-order valence-electron chi connectivity index (χ3n) is 2.27. The van der Waals surface area contributed by atoms with Crippen molar-refractivity contribution in [3.05, 3.63) is 52.8 Å². The van der Waals surface area contributed by atoms with Gasteiger partial charge in [-0.1, -0.05) is 23.7 Å². The van der Waals surface area contributed by atoms with E-state index in [1.54, 1.807) is 6.07 Å². The molecule has 2 aromatic carbocycles. The average Bonchev–Trinajstić information content (AvgIpc) is 2.26. The van der Waals surface area contributed by atoms with Crippen molar-refractivity contribution in [3.63, 3.8) is 0 Å². The van der Waals surface area contributed by atoms with Gasteiger partial charge in [0, 0.05) is 12.1 Å². The maximum atomic E-state index is 13.1. The fraction of sp³-hybridized carbons (Fsp3) is 0.0769. The summed E-state index contributed by atoms with van der Waals surface area (Å²) in [6, 6.07) is 9.99. The summed E-state index contributed by atoms with van der Waals surface area (Å²) in [7, 11) is 0. The van der Waals surface area contributed by atoms with E-state index in [4.69, 9.17) is 22.1 Å². The van der Waals surface area contributed by atoms with Crippen LogP contribution in [0.1, 0.15) is 5.56 Å². The van der Waals surface area contributed by atoms with Crippen LogP contribution >= 0.6 is 11.6 Å². The maximum absolute atomic E-state index is 13.1. The highest BCUT2D eigenvalue weighted by Crippen LogP contribution is 2.32. The predicted molar refractivity (Wildman–Crippen MR) is 67.1 cm³/mol. The first-order valence-corrected chi connectivity index (χ1v) is 5.43. The first-order chi connectivity index (χ1) is 8.06. The van der Waals surface area contributed by atoms with E-state index in [1.807, 2.05) is 25.1 Å². The van der Waals surface area contributed by atoms with Crippen molar-refractivity contribution >= 4 is 17.3 Å². The second kappa shape index (κ2) is 4.63. The molecule has 2 N–H and O–H groups in total. The van der Waals surface area contributed by atoms with Crippen molar-refractivity contribution in [2.24, 2.45) is 0 Å². The Balaban J connectivity index is 2.33. The van der Waals surface area contributed by atoms with Gasteiger partial charge in [0.05, 0.1) is 10.7 Å². The number of halogens is 2. The first-order valence-electron chi connectivity index (χ1n) is 5.05. The largest absolute Gasteiger partial charge is 0.455 e. The highest BCUT2D eigenvalue weighted by atomic mass is 35.5. The molecule has 0 unspecified atom stereocenters. The monoisotopic (exact) mass is 251 g/mol. The van der Waals surface area contributed by atoms with E-state index in [-0.39, 0.29) is 10.7 Å². The standard InChI is InChI=1S/C13H11ClFNO/c1-8-3-2-4-9(5-8)17-13-6-10(14)11(15)7-12(13)16/h2-7H,16H2,1H3. The highest BCUT2D eigenvalue weighted by Gasteiger charge is 2.08. The van der Waals surface area contributed by atoms with Crippen LogP contribution in [0.15, 0.2) is 36.4 Å². The van der Waals surface area contributed by atoms with E-state index >= 15 is 0 Å². The quantitative estimate of drug-likeness (QED) is 0.814. The molecule has 0 saturated carbocycles. The van der Waals surface area contributed by atoms with Crippen molar-refractivity contribution in [3.8, 4) is 11.5 Å². The van der Waals surface area contributed by atoms with Gasteiger partial charge in [0.2, 0.25) is 0 Å². The molecule has 2 aromatic rings. The maximum Gasteiger partial charge on any atom is 0.151 e. The molecule has 0 radical (unpaired) electrons. The first kappa shape index (κ1) is 11.7. The molecule has 88 valence electrons. The Labute approximate surface area is 104 Å². The van der Waals surface area contributed by atoms with Gasteiger partial charge in [-0.2, -0.15) is 0 Å². The zero-order valence-corrected chi connectivity index (χ0v) is 9.96. The fourth-order valence-electron chi connectivity index (χ4n) is 1.44. The lowest BCUT2D eigenvalue weighted by Gasteiger charge is -2.09. The van der Waals surface area contributed by atoms with Crippen LogP contribution in [0.3, 0.4) is 0 Å². The van der Waals surface area contributed by atoms with E-state index < -0.39 is 5.82 Å². The summed E-state index contributed by atoms with van der Waals surface area (Å²) in [5.41, 5.74) is 6.93. The van der Waals surface area contributed by atoms with Crippen LogP contribution in [0.5, 0.6) is 11.5 Å². The molecule has 17 heavy (non-hydrogen) atoms. The van der Waals surface area contributed by atoms with Crippen LogP contribution < -0.4 is 10.5 Å². The Kier molecular flexibility index (Phi) is 3.20. The van der Waals surface area contributed by atoms with E-state index in [0.717, 1.165) is 11.6 Å². The minimum absolute atomic E-state index is 0.0122. The smallest absolute Gasteiger partial charge is 0.151 e. The van der Waals surface area contributed by atoms with Gasteiger partial charge in [0.25, 0.3) is 0 Å². The molecule has 2 rings (SSSR count). The van der Waals surface area contributed by atoms with Crippen LogP contribution in [0.4, 0.5) is 10.1 Å². The average molecular weight is 252 g/mol. The molecular formula is C13H11ClFNO. The summed E-state index contributed by atoms with van der Waals surface area (Å²) < 4.78 is 18.6. The second-order valence-corrected chi connectivity index (χ2v) is 4.13. The van der Waals surface area contributed by atoms with Crippen LogP contribution in [0, 0.1) is 12.7 Å². The molecule has 4 heteroatoms. The van der Waals surface area contributed by atoms with Crippen LogP contribution in [0.2, 0.25) is 5.02 Å². The number of hydrogen-bond donors (Lipinski definition) is 1. The molecule has 0 aliphatic carbocycles. The molecule has 0 heterocycles. The lowest BCUT2D eigenvalue weighted by atomic mass is 10.2. The Hall–Kier alpha value is -1.74. The van der Waals surface area contributed by atoms with Gasteiger partial charge in [0.15, 0.2) is 5.75 Å². The molecule has 0 aliphatic heterocycles. The van der Waals surface area contributed by atoms with Gasteiger partial charge in [-0.15, -0.1) is 0 Å². The Bertz CT molecular complexity index is 557. The SMILES string of the molecule is Cc1cccc(Oc2cc(Cl)c(F)cc2N)c1. The molecule has 0 spiro atoms. The lowest BCUT2D eigenvalue weighted by Crippen LogP contribution is -1.94. The zero-order valence-electron chi connectivity index (χ0n) is 9.21. The molecule has 0 amide bonds. The van der Waals surface area contributed by atoms with Gasteiger partial charge in [-0.25, -0.2) is 4.39 Å². The van der Waals surface area contributed by atoms with E-state index in [0.29, 0.717) is 11.5 Å². The van der Waals surface area contributed by atoms with Crippen molar-refractivity contribution in [2.75, 3.05) is 5.73 Å². The molecule has 2 nitrogen and oxygen atoms in total. The van der Waals surface area contributed by atoms with Gasteiger partial charge >= 0.3 is 0 Å². The molecular weight excluding hydrogens is 241 g/mol. The molecule has 0 aromatic heterocycles. The van der Waals surface area contributed by atoms with E-state index in [1.165, 1.54) is 6.07 Å². The molecule has 0 saturated heterocycles. The summed E-state index contributed by atoms with van der Waals surface area (Å²) in [4.78, 5) is 0. The number of rotatable bonds is 2. The normalized spacial score (nSPS) is 10.3. The van der Waals surface area contributed by atoms with Crippen molar-refractivity contribution in [2.45, 2.75) is 6.92 Å². The van der Waals surface area contributed by atoms with Crippen LogP contribution in [0.25, 0.3) is 0 Å². The van der Waals surface area contributed by atoms with Gasteiger partial charge in [-0.05, 0) is 24.6 Å². The molecule has 0 atom stereocenters. The van der Waals surface area contributed by atoms with Crippen molar-refractivity contribution in [1.82, 2.24) is 0 Å². The van der Waals surface area contributed by atoms with E-state index in [9.17, 15) is 4.39 Å². The fourth-order valence-corrected chi connectivity index (χ4v) is 1.59. The van der Waals surface area contributed by atoms with E-state index in [2.05, 4.69) is 0 Å². The predicted octanol–water partition coefficient (Wildman–Crippen LogP) is 4.16. The van der Waals surface area contributed by atoms with Crippen molar-refractivity contribution < 1.29 is 9.13 Å². The third-order valence-corrected chi connectivity index (χ3v) is 2.56. The highest BCUT2D eigenvalue weighted by molar-refractivity contribution is 6.31. The number of nitrogen functional groups attached to an aromatic ring is 1.